The topological polar surface area (TPSA) is 57.7 Å². The van der Waals surface area contributed by atoms with Gasteiger partial charge in [-0.1, -0.05) is 54.1 Å². The third-order valence-corrected chi connectivity index (χ3v) is 8.68. The van der Waals surface area contributed by atoms with E-state index in [1.54, 1.807) is 11.2 Å². The molecule has 1 fully saturated rings. The van der Waals surface area contributed by atoms with E-state index in [-0.39, 0.29) is 23.6 Å². The van der Waals surface area contributed by atoms with E-state index in [1.165, 1.54) is 16.7 Å². The number of piperidine rings is 1. The molecule has 0 aromatic heterocycles. The lowest BCUT2D eigenvalue weighted by Gasteiger charge is -2.36. The number of aryl methyl sites for hydroxylation is 2. The lowest BCUT2D eigenvalue weighted by Crippen LogP contribution is -2.45. The van der Waals surface area contributed by atoms with Gasteiger partial charge in [0.05, 0.1) is 11.8 Å². The van der Waals surface area contributed by atoms with Crippen LogP contribution in [0.3, 0.4) is 0 Å². The van der Waals surface area contributed by atoms with Gasteiger partial charge in [-0.25, -0.2) is 12.7 Å². The molecule has 2 aliphatic rings. The molecule has 5 nitrogen and oxygen atoms in total. The first-order valence-electron chi connectivity index (χ1n) is 11.3. The van der Waals surface area contributed by atoms with Crippen molar-refractivity contribution in [3.8, 4) is 0 Å². The molecule has 0 bridgehead atoms. The Morgan fingerprint density at radius 2 is 1.71 bits per heavy atom. The smallest absolute Gasteiger partial charge is 0.226 e. The molecule has 0 spiro atoms. The van der Waals surface area contributed by atoms with Crippen LogP contribution < -0.4 is 0 Å². The van der Waals surface area contributed by atoms with Crippen LogP contribution in [0.4, 0.5) is 0 Å². The fourth-order valence-corrected chi connectivity index (χ4v) is 6.02. The molecule has 0 saturated carbocycles. The van der Waals surface area contributed by atoms with Crippen LogP contribution in [-0.2, 0) is 27.8 Å². The van der Waals surface area contributed by atoms with E-state index in [4.69, 9.17) is 0 Å². The van der Waals surface area contributed by atoms with E-state index >= 15 is 0 Å². The Kier molecular flexibility index (Phi) is 6.49. The van der Waals surface area contributed by atoms with Crippen molar-refractivity contribution in [3.05, 3.63) is 70.8 Å². The van der Waals surface area contributed by atoms with Gasteiger partial charge in [-0.2, -0.15) is 0 Å². The van der Waals surface area contributed by atoms with Crippen LogP contribution in [0.5, 0.6) is 0 Å². The van der Waals surface area contributed by atoms with Gasteiger partial charge in [0, 0.05) is 25.6 Å². The Morgan fingerprint density at radius 3 is 2.39 bits per heavy atom. The summed E-state index contributed by atoms with van der Waals surface area (Å²) in [4.78, 5) is 15.8. The fourth-order valence-electron chi connectivity index (χ4n) is 4.89. The van der Waals surface area contributed by atoms with Crippen molar-refractivity contribution >= 4 is 15.9 Å². The molecule has 4 rings (SSSR count). The summed E-state index contributed by atoms with van der Waals surface area (Å²) in [7, 11) is -3.19. The van der Waals surface area contributed by atoms with Gasteiger partial charge in [-0.15, -0.1) is 0 Å². The van der Waals surface area contributed by atoms with Gasteiger partial charge in [-0.3, -0.25) is 4.79 Å². The van der Waals surface area contributed by atoms with E-state index in [0.29, 0.717) is 32.5 Å². The Hall–Kier alpha value is -2.18. The van der Waals surface area contributed by atoms with Gasteiger partial charge in [0.15, 0.2) is 0 Å². The molecule has 6 heteroatoms. The molecule has 1 aliphatic carbocycles. The minimum absolute atomic E-state index is 0.0856. The zero-order valence-electron chi connectivity index (χ0n) is 18.5. The largest absolute Gasteiger partial charge is 0.331 e. The number of benzene rings is 2. The maximum atomic E-state index is 13.8. The summed E-state index contributed by atoms with van der Waals surface area (Å²) in [6.07, 6.45) is 3.12. The number of nitrogens with zero attached hydrogens (tertiary/aromatic N) is 2. The van der Waals surface area contributed by atoms with Gasteiger partial charge in [0.2, 0.25) is 15.9 Å². The molecular formula is C25H32N2O3S. The number of carbonyl (C=O) groups is 1. The fraction of sp³-hybridized carbons (Fsp3) is 0.480. The Labute approximate surface area is 186 Å². The molecule has 2 aromatic rings. The second-order valence-corrected chi connectivity index (χ2v) is 11.0. The number of hydrogen-bond donors (Lipinski definition) is 0. The standard InChI is InChI=1S/C25H32N2O3S/c1-3-31(29,30)26-16-14-22(15-17-26)25(28)27(18-20-10-8-19(2)9-11-20)24-13-12-21-6-4-5-7-23(21)24/h4-11,22,24H,3,12-18H2,1-2H3. The molecule has 31 heavy (non-hydrogen) atoms. The second kappa shape index (κ2) is 9.13. The molecular weight excluding hydrogens is 408 g/mol. The SMILES string of the molecule is CCS(=O)(=O)N1CCC(C(=O)N(Cc2ccc(C)cc2)C2CCc3ccccc32)CC1. The molecule has 1 aliphatic heterocycles. The predicted molar refractivity (Wildman–Crippen MR) is 123 cm³/mol. The summed E-state index contributed by atoms with van der Waals surface area (Å²) in [6.45, 7) is 5.20. The minimum Gasteiger partial charge on any atom is -0.331 e. The van der Waals surface area contributed by atoms with Crippen molar-refractivity contribution in [3.63, 3.8) is 0 Å². The van der Waals surface area contributed by atoms with Gasteiger partial charge in [0.25, 0.3) is 0 Å². The van der Waals surface area contributed by atoms with E-state index in [9.17, 15) is 13.2 Å². The second-order valence-electron chi connectivity index (χ2n) is 8.78. The summed E-state index contributed by atoms with van der Waals surface area (Å²) in [5, 5.41) is 0. The zero-order valence-corrected chi connectivity index (χ0v) is 19.3. The lowest BCUT2D eigenvalue weighted by atomic mass is 9.94. The van der Waals surface area contributed by atoms with Crippen LogP contribution in [-0.4, -0.2) is 42.4 Å². The number of carbonyl (C=O) groups excluding carboxylic acids is 1. The first-order valence-corrected chi connectivity index (χ1v) is 12.9. The van der Waals surface area contributed by atoms with Crippen molar-refractivity contribution in [2.45, 2.75) is 52.1 Å². The maximum Gasteiger partial charge on any atom is 0.226 e. The average molecular weight is 441 g/mol. The lowest BCUT2D eigenvalue weighted by molar-refractivity contribution is -0.140. The Morgan fingerprint density at radius 1 is 1.03 bits per heavy atom. The van der Waals surface area contributed by atoms with Crippen molar-refractivity contribution in [1.29, 1.82) is 0 Å². The van der Waals surface area contributed by atoms with Gasteiger partial charge in [-0.05, 0) is 56.2 Å². The van der Waals surface area contributed by atoms with E-state index in [2.05, 4.69) is 60.4 Å². The van der Waals surface area contributed by atoms with Crippen LogP contribution >= 0.6 is 0 Å². The Bertz CT molecular complexity index is 1020. The van der Waals surface area contributed by atoms with Crippen molar-refractivity contribution < 1.29 is 13.2 Å². The van der Waals surface area contributed by atoms with Crippen molar-refractivity contribution in [2.24, 2.45) is 5.92 Å². The van der Waals surface area contributed by atoms with Crippen LogP contribution in [0, 0.1) is 12.8 Å². The van der Waals surface area contributed by atoms with Crippen molar-refractivity contribution in [2.75, 3.05) is 18.8 Å². The van der Waals surface area contributed by atoms with Gasteiger partial charge in [0.1, 0.15) is 0 Å². The molecule has 166 valence electrons. The molecule has 2 aromatic carbocycles. The zero-order chi connectivity index (χ0) is 22.0. The quantitative estimate of drug-likeness (QED) is 0.680. The van der Waals surface area contributed by atoms with Gasteiger partial charge < -0.3 is 4.90 Å². The summed E-state index contributed by atoms with van der Waals surface area (Å²) < 4.78 is 26.0. The Balaban J connectivity index is 1.56. The maximum absolute atomic E-state index is 13.8. The van der Waals surface area contributed by atoms with Crippen LogP contribution in [0.2, 0.25) is 0 Å². The third-order valence-electron chi connectivity index (χ3n) is 6.80. The molecule has 1 unspecified atom stereocenters. The number of hydrogen-bond acceptors (Lipinski definition) is 3. The normalized spacial score (nSPS) is 19.9. The first-order chi connectivity index (χ1) is 14.9. The molecule has 0 radical (unpaired) electrons. The highest BCUT2D eigenvalue weighted by molar-refractivity contribution is 7.89. The molecule has 1 amide bonds. The number of rotatable bonds is 6. The summed E-state index contributed by atoms with van der Waals surface area (Å²) in [6, 6.07) is 16.9. The summed E-state index contributed by atoms with van der Waals surface area (Å²) in [5.41, 5.74) is 4.93. The van der Waals surface area contributed by atoms with E-state index < -0.39 is 10.0 Å². The van der Waals surface area contributed by atoms with Crippen LogP contribution in [0.25, 0.3) is 0 Å². The van der Waals surface area contributed by atoms with Crippen LogP contribution in [0.15, 0.2) is 48.5 Å². The molecule has 1 saturated heterocycles. The molecule has 0 N–H and O–H groups in total. The molecule has 1 heterocycles. The summed E-state index contributed by atoms with van der Waals surface area (Å²) in [5.74, 6) is 0.154. The number of fused-ring (bicyclic) bond motifs is 1. The summed E-state index contributed by atoms with van der Waals surface area (Å²) >= 11 is 0. The number of sulfonamides is 1. The monoisotopic (exact) mass is 440 g/mol. The minimum atomic E-state index is -3.19. The first kappa shape index (κ1) is 22.0. The highest BCUT2D eigenvalue weighted by Gasteiger charge is 2.37. The highest BCUT2D eigenvalue weighted by Crippen LogP contribution is 2.38. The van der Waals surface area contributed by atoms with E-state index in [0.717, 1.165) is 18.4 Å². The van der Waals surface area contributed by atoms with Crippen LogP contribution in [0.1, 0.15) is 54.5 Å². The average Bonchev–Trinajstić information content (AvgIpc) is 3.22. The van der Waals surface area contributed by atoms with Gasteiger partial charge >= 0.3 is 0 Å². The highest BCUT2D eigenvalue weighted by atomic mass is 32.2. The third kappa shape index (κ3) is 4.70. The number of amides is 1. The van der Waals surface area contributed by atoms with Crippen molar-refractivity contribution in [1.82, 2.24) is 9.21 Å². The van der Waals surface area contributed by atoms with E-state index in [1.807, 2.05) is 0 Å². The molecule has 1 atom stereocenters. The predicted octanol–water partition coefficient (Wildman–Crippen LogP) is 4.07.